The summed E-state index contributed by atoms with van der Waals surface area (Å²) in [4.78, 5) is 11.5. The molecule has 0 saturated heterocycles. The van der Waals surface area contributed by atoms with Crippen LogP contribution in [0.5, 0.6) is 5.75 Å². The Hall–Kier alpha value is -2.49. The van der Waals surface area contributed by atoms with E-state index in [0.717, 1.165) is 6.42 Å². The first-order valence-electron chi connectivity index (χ1n) is 6.49. The number of anilines is 1. The Kier molecular flexibility index (Phi) is 4.60. The minimum Gasteiger partial charge on any atom is -0.491 e. The van der Waals surface area contributed by atoms with E-state index in [0.29, 0.717) is 23.6 Å². The van der Waals surface area contributed by atoms with Gasteiger partial charge in [0.25, 0.3) is 5.91 Å². The second-order valence-electron chi connectivity index (χ2n) is 4.42. The Balaban J connectivity index is 1.95. The third-order valence-corrected chi connectivity index (χ3v) is 2.99. The topological polar surface area (TPSA) is 64.3 Å². The highest BCUT2D eigenvalue weighted by Gasteiger charge is 2.07. The molecule has 0 fully saturated rings. The van der Waals surface area contributed by atoms with Gasteiger partial charge < -0.3 is 15.8 Å². The largest absolute Gasteiger partial charge is 0.491 e. The molecule has 4 nitrogen and oxygen atoms in total. The zero-order valence-corrected chi connectivity index (χ0v) is 11.4. The highest BCUT2D eigenvalue weighted by Crippen LogP contribution is 2.22. The molecule has 104 valence electrons. The molecule has 20 heavy (non-hydrogen) atoms. The maximum absolute atomic E-state index is 11.5. The van der Waals surface area contributed by atoms with Gasteiger partial charge in [-0.1, -0.05) is 30.3 Å². The highest BCUT2D eigenvalue weighted by molar-refractivity contribution is 5.95. The number of hydrogen-bond acceptors (Lipinski definition) is 3. The molecule has 0 radical (unpaired) electrons. The summed E-state index contributed by atoms with van der Waals surface area (Å²) in [6, 6.07) is 15.2. The average molecular weight is 270 g/mol. The van der Waals surface area contributed by atoms with Gasteiger partial charge in [-0.15, -0.1) is 0 Å². The molecule has 1 amide bonds. The van der Waals surface area contributed by atoms with Crippen molar-refractivity contribution in [1.29, 1.82) is 0 Å². The van der Waals surface area contributed by atoms with Gasteiger partial charge in [0.15, 0.2) is 0 Å². The Labute approximate surface area is 118 Å². The molecule has 0 bridgehead atoms. The van der Waals surface area contributed by atoms with E-state index in [2.05, 4.69) is 17.4 Å². The highest BCUT2D eigenvalue weighted by atomic mass is 16.5. The van der Waals surface area contributed by atoms with Gasteiger partial charge in [-0.3, -0.25) is 4.79 Å². The van der Waals surface area contributed by atoms with Gasteiger partial charge in [0.05, 0.1) is 12.3 Å². The smallest absolute Gasteiger partial charge is 0.251 e. The van der Waals surface area contributed by atoms with Crippen LogP contribution in [0, 0.1) is 0 Å². The van der Waals surface area contributed by atoms with Gasteiger partial charge >= 0.3 is 0 Å². The van der Waals surface area contributed by atoms with Crippen LogP contribution in [0.2, 0.25) is 0 Å². The van der Waals surface area contributed by atoms with E-state index in [-0.39, 0.29) is 5.91 Å². The number of nitrogens with one attached hydrogen (secondary N) is 1. The maximum atomic E-state index is 11.5. The molecule has 0 aliphatic rings. The molecule has 3 N–H and O–H groups in total. The molecule has 4 heteroatoms. The lowest BCUT2D eigenvalue weighted by atomic mass is 10.1. The second-order valence-corrected chi connectivity index (χ2v) is 4.42. The van der Waals surface area contributed by atoms with Crippen LogP contribution in [-0.4, -0.2) is 19.6 Å². The summed E-state index contributed by atoms with van der Waals surface area (Å²) < 4.78 is 5.65. The zero-order chi connectivity index (χ0) is 14.4. The summed E-state index contributed by atoms with van der Waals surface area (Å²) in [6.45, 7) is 0.549. The third-order valence-electron chi connectivity index (χ3n) is 2.99. The van der Waals surface area contributed by atoms with Crippen LogP contribution in [0.1, 0.15) is 15.9 Å². The fourth-order valence-corrected chi connectivity index (χ4v) is 1.89. The van der Waals surface area contributed by atoms with E-state index in [1.807, 2.05) is 18.2 Å². The van der Waals surface area contributed by atoms with Crippen molar-refractivity contribution in [3.63, 3.8) is 0 Å². The number of carbonyl (C=O) groups excluding carboxylic acids is 1. The number of hydrogen-bond donors (Lipinski definition) is 2. The number of rotatable bonds is 5. The monoisotopic (exact) mass is 270 g/mol. The minimum absolute atomic E-state index is 0.160. The molecule has 2 rings (SSSR count). The Bertz CT molecular complexity index is 582. The van der Waals surface area contributed by atoms with Crippen molar-refractivity contribution in [3.05, 3.63) is 59.7 Å². The normalized spacial score (nSPS) is 10.1. The van der Waals surface area contributed by atoms with Crippen molar-refractivity contribution in [3.8, 4) is 5.75 Å². The minimum atomic E-state index is -0.160. The molecule has 0 aliphatic heterocycles. The quantitative estimate of drug-likeness (QED) is 0.819. The Morgan fingerprint density at radius 2 is 1.95 bits per heavy atom. The lowest BCUT2D eigenvalue weighted by Gasteiger charge is -2.10. The molecular formula is C16H18N2O2. The zero-order valence-electron chi connectivity index (χ0n) is 11.4. The van der Waals surface area contributed by atoms with E-state index in [4.69, 9.17) is 10.5 Å². The third kappa shape index (κ3) is 3.51. The predicted molar refractivity (Wildman–Crippen MR) is 79.9 cm³/mol. The molecule has 0 spiro atoms. The average Bonchev–Trinajstić information content (AvgIpc) is 2.49. The van der Waals surface area contributed by atoms with Gasteiger partial charge in [-0.05, 0) is 23.8 Å². The summed E-state index contributed by atoms with van der Waals surface area (Å²) in [5.41, 5.74) is 8.10. The van der Waals surface area contributed by atoms with Gasteiger partial charge in [0, 0.05) is 19.0 Å². The van der Waals surface area contributed by atoms with Crippen LogP contribution in [0.3, 0.4) is 0 Å². The van der Waals surface area contributed by atoms with Crippen LogP contribution < -0.4 is 15.8 Å². The number of amides is 1. The lowest BCUT2D eigenvalue weighted by molar-refractivity contribution is 0.0963. The van der Waals surface area contributed by atoms with Gasteiger partial charge in [0.2, 0.25) is 0 Å². The Morgan fingerprint density at radius 3 is 2.60 bits per heavy atom. The fraction of sp³-hybridized carbons (Fsp3) is 0.188. The molecule has 0 saturated carbocycles. The number of nitrogen functional groups attached to an aromatic ring is 1. The summed E-state index contributed by atoms with van der Waals surface area (Å²) in [5.74, 6) is 0.445. The van der Waals surface area contributed by atoms with Crippen LogP contribution in [0.15, 0.2) is 48.5 Å². The lowest BCUT2D eigenvalue weighted by Crippen LogP contribution is -2.18. The van der Waals surface area contributed by atoms with Crippen molar-refractivity contribution in [2.45, 2.75) is 6.42 Å². The first kappa shape index (κ1) is 13.9. The standard InChI is InChI=1S/C16H18N2O2/c1-18-16(19)13-7-8-15(14(17)11-13)20-10-9-12-5-3-2-4-6-12/h2-8,11H,9-10,17H2,1H3,(H,18,19). The van der Waals surface area contributed by atoms with Crippen LogP contribution >= 0.6 is 0 Å². The molecule has 2 aromatic rings. The van der Waals surface area contributed by atoms with Crippen molar-refractivity contribution in [1.82, 2.24) is 5.32 Å². The van der Waals surface area contributed by atoms with E-state index in [9.17, 15) is 4.79 Å². The van der Waals surface area contributed by atoms with Crippen LogP contribution in [0.25, 0.3) is 0 Å². The first-order valence-corrected chi connectivity index (χ1v) is 6.49. The summed E-state index contributed by atoms with van der Waals surface area (Å²) >= 11 is 0. The first-order chi connectivity index (χ1) is 9.70. The molecular weight excluding hydrogens is 252 g/mol. The SMILES string of the molecule is CNC(=O)c1ccc(OCCc2ccccc2)c(N)c1. The van der Waals surface area contributed by atoms with E-state index >= 15 is 0 Å². The maximum Gasteiger partial charge on any atom is 0.251 e. The van der Waals surface area contributed by atoms with E-state index in [1.54, 1.807) is 25.2 Å². The van der Waals surface area contributed by atoms with Crippen LogP contribution in [-0.2, 0) is 6.42 Å². The molecule has 0 aromatic heterocycles. The summed E-state index contributed by atoms with van der Waals surface area (Å²) in [5, 5.41) is 2.56. The van der Waals surface area contributed by atoms with Crippen LogP contribution in [0.4, 0.5) is 5.69 Å². The number of ether oxygens (including phenoxy) is 1. The fourth-order valence-electron chi connectivity index (χ4n) is 1.89. The summed E-state index contributed by atoms with van der Waals surface area (Å²) in [6.07, 6.45) is 0.817. The van der Waals surface area contributed by atoms with Crippen molar-refractivity contribution >= 4 is 11.6 Å². The number of benzene rings is 2. The Morgan fingerprint density at radius 1 is 1.20 bits per heavy atom. The van der Waals surface area contributed by atoms with Crippen molar-refractivity contribution in [2.75, 3.05) is 19.4 Å². The van der Waals surface area contributed by atoms with Gasteiger partial charge in [0.1, 0.15) is 5.75 Å². The van der Waals surface area contributed by atoms with Gasteiger partial charge in [-0.25, -0.2) is 0 Å². The summed E-state index contributed by atoms with van der Waals surface area (Å²) in [7, 11) is 1.59. The predicted octanol–water partition coefficient (Wildman–Crippen LogP) is 2.25. The molecule has 0 heterocycles. The molecule has 2 aromatic carbocycles. The second kappa shape index (κ2) is 6.61. The van der Waals surface area contributed by atoms with E-state index in [1.165, 1.54) is 5.56 Å². The number of nitrogens with two attached hydrogens (primary N) is 1. The number of carbonyl (C=O) groups is 1. The van der Waals surface area contributed by atoms with E-state index < -0.39 is 0 Å². The molecule has 0 atom stereocenters. The molecule has 0 unspecified atom stereocenters. The van der Waals surface area contributed by atoms with Crippen molar-refractivity contribution < 1.29 is 9.53 Å². The van der Waals surface area contributed by atoms with Gasteiger partial charge in [-0.2, -0.15) is 0 Å². The molecule has 0 aliphatic carbocycles. The van der Waals surface area contributed by atoms with Crippen molar-refractivity contribution in [2.24, 2.45) is 0 Å².